The molecule has 3 aromatic rings. The number of aromatic nitrogens is 3. The lowest BCUT2D eigenvalue weighted by atomic mass is 10.1. The largest absolute Gasteiger partial charge is 0.418 e. The highest BCUT2D eigenvalue weighted by atomic mass is 19.4. The Balaban J connectivity index is 1.86. The fourth-order valence-electron chi connectivity index (χ4n) is 2.40. The SMILES string of the molecule is Cc1cccc(Nc2cnnc(Nc3ccccc3C(F)(F)F)n2)c1C. The van der Waals surface area contributed by atoms with Gasteiger partial charge in [0.05, 0.1) is 17.4 Å². The summed E-state index contributed by atoms with van der Waals surface area (Å²) < 4.78 is 39.3. The number of hydrogen-bond acceptors (Lipinski definition) is 5. The lowest BCUT2D eigenvalue weighted by Crippen LogP contribution is -2.10. The van der Waals surface area contributed by atoms with Crippen molar-refractivity contribution in [2.75, 3.05) is 10.6 Å². The second-order valence-electron chi connectivity index (χ2n) is 5.71. The van der Waals surface area contributed by atoms with Crippen molar-refractivity contribution in [3.8, 4) is 0 Å². The van der Waals surface area contributed by atoms with Gasteiger partial charge in [0.2, 0.25) is 5.95 Å². The number of alkyl halides is 3. The molecule has 2 N–H and O–H groups in total. The van der Waals surface area contributed by atoms with Crippen molar-refractivity contribution in [3.05, 3.63) is 65.4 Å². The fraction of sp³-hybridized carbons (Fsp3) is 0.167. The van der Waals surface area contributed by atoms with Crippen LogP contribution in [0.15, 0.2) is 48.7 Å². The van der Waals surface area contributed by atoms with E-state index in [0.717, 1.165) is 22.9 Å². The number of aryl methyl sites for hydroxylation is 1. The molecule has 0 aliphatic rings. The van der Waals surface area contributed by atoms with Crippen LogP contribution in [0.1, 0.15) is 16.7 Å². The van der Waals surface area contributed by atoms with Crippen molar-refractivity contribution in [1.29, 1.82) is 0 Å². The van der Waals surface area contributed by atoms with Gasteiger partial charge in [-0.05, 0) is 43.2 Å². The van der Waals surface area contributed by atoms with E-state index in [4.69, 9.17) is 0 Å². The molecule has 0 atom stereocenters. The van der Waals surface area contributed by atoms with Gasteiger partial charge in [0, 0.05) is 5.69 Å². The summed E-state index contributed by atoms with van der Waals surface area (Å²) in [6.45, 7) is 3.95. The Bertz CT molecular complexity index is 925. The number of hydrogen-bond donors (Lipinski definition) is 2. The van der Waals surface area contributed by atoms with Gasteiger partial charge in [0.1, 0.15) is 0 Å². The van der Waals surface area contributed by atoms with E-state index in [0.29, 0.717) is 5.82 Å². The van der Waals surface area contributed by atoms with E-state index in [1.165, 1.54) is 24.4 Å². The first-order chi connectivity index (χ1) is 12.3. The first-order valence-corrected chi connectivity index (χ1v) is 7.81. The predicted octanol–water partition coefficient (Wildman–Crippen LogP) is 4.99. The second-order valence-corrected chi connectivity index (χ2v) is 5.71. The Labute approximate surface area is 148 Å². The standard InChI is InChI=1S/C18H16F3N5/c1-11-6-5-9-14(12(11)2)23-16-10-22-26-17(25-16)24-15-8-4-3-7-13(15)18(19,20)21/h3-10H,1-2H3,(H2,23,24,25,26). The molecular weight excluding hydrogens is 343 g/mol. The highest BCUT2D eigenvalue weighted by Crippen LogP contribution is 2.35. The summed E-state index contributed by atoms with van der Waals surface area (Å²) in [5.74, 6) is 0.345. The van der Waals surface area contributed by atoms with Crippen molar-refractivity contribution in [2.24, 2.45) is 0 Å². The van der Waals surface area contributed by atoms with Crippen molar-refractivity contribution in [2.45, 2.75) is 20.0 Å². The molecule has 0 amide bonds. The third-order valence-corrected chi connectivity index (χ3v) is 3.91. The molecule has 0 aliphatic carbocycles. The van der Waals surface area contributed by atoms with E-state index in [2.05, 4.69) is 25.8 Å². The third-order valence-electron chi connectivity index (χ3n) is 3.91. The molecule has 2 aromatic carbocycles. The summed E-state index contributed by atoms with van der Waals surface area (Å²) in [5.41, 5.74) is 2.06. The molecule has 8 heteroatoms. The zero-order valence-electron chi connectivity index (χ0n) is 14.1. The second kappa shape index (κ2) is 6.99. The Morgan fingerprint density at radius 3 is 2.38 bits per heavy atom. The third kappa shape index (κ3) is 3.90. The van der Waals surface area contributed by atoms with Crippen LogP contribution in [0.3, 0.4) is 0 Å². The molecule has 0 fully saturated rings. The molecule has 0 radical (unpaired) electrons. The molecule has 1 heterocycles. The number of anilines is 4. The number of halogens is 3. The van der Waals surface area contributed by atoms with Crippen LogP contribution < -0.4 is 10.6 Å². The quantitative estimate of drug-likeness (QED) is 0.687. The average molecular weight is 359 g/mol. The first-order valence-electron chi connectivity index (χ1n) is 7.81. The van der Waals surface area contributed by atoms with Gasteiger partial charge < -0.3 is 10.6 Å². The molecule has 26 heavy (non-hydrogen) atoms. The summed E-state index contributed by atoms with van der Waals surface area (Å²) in [5, 5.41) is 13.3. The maximum atomic E-state index is 13.1. The Kier molecular flexibility index (Phi) is 4.75. The molecule has 134 valence electrons. The summed E-state index contributed by atoms with van der Waals surface area (Å²) in [7, 11) is 0. The van der Waals surface area contributed by atoms with E-state index in [1.54, 1.807) is 0 Å². The van der Waals surface area contributed by atoms with Gasteiger partial charge in [-0.3, -0.25) is 0 Å². The summed E-state index contributed by atoms with van der Waals surface area (Å²) in [4.78, 5) is 4.19. The first kappa shape index (κ1) is 17.7. The number of nitrogens with zero attached hydrogens (tertiary/aromatic N) is 3. The molecular formula is C18H16F3N5. The molecule has 0 spiro atoms. The summed E-state index contributed by atoms with van der Waals surface area (Å²) in [6.07, 6.45) is -3.08. The Hall–Kier alpha value is -3.16. The van der Waals surface area contributed by atoms with E-state index in [-0.39, 0.29) is 11.6 Å². The maximum Gasteiger partial charge on any atom is 0.418 e. The Morgan fingerprint density at radius 2 is 1.62 bits per heavy atom. The minimum Gasteiger partial charge on any atom is -0.339 e. The number of rotatable bonds is 4. The lowest BCUT2D eigenvalue weighted by Gasteiger charge is -2.14. The molecule has 0 unspecified atom stereocenters. The fourth-order valence-corrected chi connectivity index (χ4v) is 2.40. The number of benzene rings is 2. The van der Waals surface area contributed by atoms with Gasteiger partial charge in [-0.25, -0.2) is 0 Å². The summed E-state index contributed by atoms with van der Waals surface area (Å²) in [6, 6.07) is 10.9. The van der Waals surface area contributed by atoms with Gasteiger partial charge in [-0.1, -0.05) is 24.3 Å². The van der Waals surface area contributed by atoms with Crippen molar-refractivity contribution in [3.63, 3.8) is 0 Å². The number of para-hydroxylation sites is 1. The average Bonchev–Trinajstić information content (AvgIpc) is 2.59. The van der Waals surface area contributed by atoms with E-state index >= 15 is 0 Å². The van der Waals surface area contributed by atoms with E-state index in [1.807, 2.05) is 32.0 Å². The lowest BCUT2D eigenvalue weighted by molar-refractivity contribution is -0.136. The van der Waals surface area contributed by atoms with Crippen molar-refractivity contribution >= 4 is 23.1 Å². The molecule has 0 aliphatic heterocycles. The predicted molar refractivity (Wildman–Crippen MR) is 93.8 cm³/mol. The van der Waals surface area contributed by atoms with Gasteiger partial charge >= 0.3 is 6.18 Å². The molecule has 1 aromatic heterocycles. The normalized spacial score (nSPS) is 11.3. The maximum absolute atomic E-state index is 13.1. The van der Waals surface area contributed by atoms with Crippen LogP contribution in [0, 0.1) is 13.8 Å². The minimum absolute atomic E-state index is 0.0305. The van der Waals surface area contributed by atoms with Gasteiger partial charge in [0.15, 0.2) is 5.82 Å². The zero-order chi connectivity index (χ0) is 18.7. The van der Waals surface area contributed by atoms with Crippen LogP contribution in [0.2, 0.25) is 0 Å². The Morgan fingerprint density at radius 1 is 0.885 bits per heavy atom. The molecule has 3 rings (SSSR count). The van der Waals surface area contributed by atoms with Crippen LogP contribution in [0.25, 0.3) is 0 Å². The molecule has 5 nitrogen and oxygen atoms in total. The molecule has 0 saturated carbocycles. The minimum atomic E-state index is -4.48. The van der Waals surface area contributed by atoms with Crippen molar-refractivity contribution < 1.29 is 13.2 Å². The molecule has 0 saturated heterocycles. The van der Waals surface area contributed by atoms with Crippen LogP contribution in [0.5, 0.6) is 0 Å². The highest BCUT2D eigenvalue weighted by molar-refractivity contribution is 5.64. The smallest absolute Gasteiger partial charge is 0.339 e. The van der Waals surface area contributed by atoms with Crippen LogP contribution in [0.4, 0.5) is 36.3 Å². The van der Waals surface area contributed by atoms with Crippen LogP contribution in [-0.4, -0.2) is 15.2 Å². The van der Waals surface area contributed by atoms with Gasteiger partial charge in [0.25, 0.3) is 0 Å². The van der Waals surface area contributed by atoms with Crippen LogP contribution >= 0.6 is 0 Å². The molecule has 0 bridgehead atoms. The van der Waals surface area contributed by atoms with Crippen LogP contribution in [-0.2, 0) is 6.18 Å². The topological polar surface area (TPSA) is 62.7 Å². The van der Waals surface area contributed by atoms with E-state index < -0.39 is 11.7 Å². The van der Waals surface area contributed by atoms with E-state index in [9.17, 15) is 13.2 Å². The zero-order valence-corrected chi connectivity index (χ0v) is 14.1. The highest BCUT2D eigenvalue weighted by Gasteiger charge is 2.33. The monoisotopic (exact) mass is 359 g/mol. The van der Waals surface area contributed by atoms with Crippen molar-refractivity contribution in [1.82, 2.24) is 15.2 Å². The van der Waals surface area contributed by atoms with Gasteiger partial charge in [-0.2, -0.15) is 23.3 Å². The number of nitrogens with one attached hydrogen (secondary N) is 2. The summed E-state index contributed by atoms with van der Waals surface area (Å²) >= 11 is 0. The van der Waals surface area contributed by atoms with Gasteiger partial charge in [-0.15, -0.1) is 5.10 Å².